The van der Waals surface area contributed by atoms with Gasteiger partial charge in [-0.25, -0.2) is 4.79 Å². The van der Waals surface area contributed by atoms with Gasteiger partial charge in [0.25, 0.3) is 0 Å². The number of carbonyl (C=O) groups excluding carboxylic acids is 4. The van der Waals surface area contributed by atoms with Crippen molar-refractivity contribution >= 4 is 41.2 Å². The molecule has 1 rings (SSSR count). The van der Waals surface area contributed by atoms with Crippen molar-refractivity contribution in [2.24, 2.45) is 5.73 Å². The van der Waals surface area contributed by atoms with Crippen LogP contribution >= 0.6 is 12.2 Å². The molecule has 0 radical (unpaired) electrons. The minimum atomic E-state index is -1.49. The van der Waals surface area contributed by atoms with E-state index < -0.39 is 54.5 Å². The third kappa shape index (κ3) is 5.81. The summed E-state index contributed by atoms with van der Waals surface area (Å²) in [6, 6.07) is 0. The van der Waals surface area contributed by atoms with Gasteiger partial charge in [-0.05, 0) is 12.2 Å². The third-order valence-electron chi connectivity index (χ3n) is 3.16. The second-order valence-electron chi connectivity index (χ2n) is 5.23. The van der Waals surface area contributed by atoms with Crippen molar-refractivity contribution in [3.63, 3.8) is 0 Å². The molecule has 146 valence electrons. The van der Waals surface area contributed by atoms with Gasteiger partial charge in [0.05, 0.1) is 7.11 Å². The third-order valence-corrected chi connectivity index (χ3v) is 3.28. The predicted octanol–water partition coefficient (Wildman–Crippen LogP) is -1.49. The fourth-order valence-electron chi connectivity index (χ4n) is 2.37. The van der Waals surface area contributed by atoms with Crippen molar-refractivity contribution in [2.45, 2.75) is 51.4 Å². The Morgan fingerprint density at radius 3 is 1.81 bits per heavy atom. The lowest BCUT2D eigenvalue weighted by Crippen LogP contribution is -2.67. The normalized spacial score (nSPS) is 27.6. The molecule has 12 heteroatoms. The highest BCUT2D eigenvalue weighted by molar-refractivity contribution is 7.80. The minimum Gasteiger partial charge on any atom is -0.467 e. The Kier molecular flexibility index (Phi) is 7.71. The summed E-state index contributed by atoms with van der Waals surface area (Å²) in [4.78, 5) is 46.5. The van der Waals surface area contributed by atoms with Gasteiger partial charge in [0.1, 0.15) is 0 Å². The van der Waals surface area contributed by atoms with Gasteiger partial charge >= 0.3 is 23.9 Å². The second-order valence-corrected chi connectivity index (χ2v) is 5.67. The summed E-state index contributed by atoms with van der Waals surface area (Å²) in [6.07, 6.45) is -6.89. The Morgan fingerprint density at radius 2 is 1.38 bits per heavy atom. The zero-order valence-electron chi connectivity index (χ0n) is 14.5. The van der Waals surface area contributed by atoms with Gasteiger partial charge in [-0.15, -0.1) is 0 Å². The molecule has 0 spiro atoms. The molecule has 0 aliphatic carbocycles. The van der Waals surface area contributed by atoms with Crippen LogP contribution in [0.1, 0.15) is 20.8 Å². The van der Waals surface area contributed by atoms with Crippen LogP contribution in [0.4, 0.5) is 0 Å². The highest BCUT2D eigenvalue weighted by atomic mass is 32.1. The SMILES string of the molecule is COC(=O)C1OC(NC(N)=S)C(OC(C)=O)C(OC(C)=O)C1OC(C)=O. The average molecular weight is 392 g/mol. The molecular formula is C14H20N2O9S. The Balaban J connectivity index is 3.37. The first-order valence-electron chi connectivity index (χ1n) is 7.37. The summed E-state index contributed by atoms with van der Waals surface area (Å²) < 4.78 is 25.5. The van der Waals surface area contributed by atoms with E-state index >= 15 is 0 Å². The summed E-state index contributed by atoms with van der Waals surface area (Å²) in [5.41, 5.74) is 5.42. The topological polar surface area (TPSA) is 152 Å². The van der Waals surface area contributed by atoms with Gasteiger partial charge in [0, 0.05) is 20.8 Å². The maximum Gasteiger partial charge on any atom is 0.339 e. The van der Waals surface area contributed by atoms with E-state index in [0.29, 0.717) is 0 Å². The Hall–Kier alpha value is -2.47. The second kappa shape index (κ2) is 9.29. The smallest absolute Gasteiger partial charge is 0.339 e. The van der Waals surface area contributed by atoms with Crippen LogP contribution in [0.15, 0.2) is 0 Å². The molecule has 3 N–H and O–H groups in total. The number of nitrogens with one attached hydrogen (secondary N) is 1. The zero-order valence-corrected chi connectivity index (χ0v) is 15.4. The van der Waals surface area contributed by atoms with Crippen LogP contribution in [0.25, 0.3) is 0 Å². The molecule has 1 fully saturated rings. The lowest BCUT2D eigenvalue weighted by molar-refractivity contribution is -0.250. The van der Waals surface area contributed by atoms with Crippen LogP contribution in [0.5, 0.6) is 0 Å². The van der Waals surface area contributed by atoms with Gasteiger partial charge in [0.15, 0.2) is 35.8 Å². The monoisotopic (exact) mass is 392 g/mol. The maximum atomic E-state index is 12.1. The van der Waals surface area contributed by atoms with Crippen LogP contribution < -0.4 is 11.1 Å². The van der Waals surface area contributed by atoms with Crippen LogP contribution in [0.2, 0.25) is 0 Å². The van der Waals surface area contributed by atoms with E-state index in [2.05, 4.69) is 10.1 Å². The molecule has 1 saturated heterocycles. The molecule has 0 bridgehead atoms. The molecule has 5 atom stereocenters. The lowest BCUT2D eigenvalue weighted by Gasteiger charge is -2.43. The molecular weight excluding hydrogens is 372 g/mol. The fraction of sp³-hybridized carbons (Fsp3) is 0.643. The van der Waals surface area contributed by atoms with Gasteiger partial charge in [-0.1, -0.05) is 0 Å². The molecule has 0 aromatic heterocycles. The van der Waals surface area contributed by atoms with Crippen molar-refractivity contribution in [1.29, 1.82) is 0 Å². The van der Waals surface area contributed by atoms with Crippen LogP contribution in [-0.4, -0.2) is 66.7 Å². The summed E-state index contributed by atoms with van der Waals surface area (Å²) >= 11 is 4.74. The number of thiocarbonyl (C=S) groups is 1. The summed E-state index contributed by atoms with van der Waals surface area (Å²) in [5.74, 6) is -3.22. The van der Waals surface area contributed by atoms with E-state index in [1.54, 1.807) is 0 Å². The van der Waals surface area contributed by atoms with Crippen LogP contribution in [0, 0.1) is 0 Å². The molecule has 0 saturated carbocycles. The average Bonchev–Trinajstić information content (AvgIpc) is 2.50. The summed E-state index contributed by atoms with van der Waals surface area (Å²) in [6.45, 7) is 3.28. The number of rotatable bonds is 5. The molecule has 11 nitrogen and oxygen atoms in total. The van der Waals surface area contributed by atoms with E-state index in [1.807, 2.05) is 0 Å². The van der Waals surface area contributed by atoms with Crippen molar-refractivity contribution < 1.29 is 42.9 Å². The summed E-state index contributed by atoms with van der Waals surface area (Å²) in [5, 5.41) is 2.26. The first-order valence-corrected chi connectivity index (χ1v) is 7.78. The number of esters is 4. The van der Waals surface area contributed by atoms with Crippen LogP contribution in [0.3, 0.4) is 0 Å². The lowest BCUT2D eigenvalue weighted by atomic mass is 9.97. The highest BCUT2D eigenvalue weighted by Crippen LogP contribution is 2.28. The first-order chi connectivity index (χ1) is 12.1. The highest BCUT2D eigenvalue weighted by Gasteiger charge is 2.54. The van der Waals surface area contributed by atoms with Crippen molar-refractivity contribution in [1.82, 2.24) is 5.32 Å². The molecule has 1 aliphatic heterocycles. The quantitative estimate of drug-likeness (QED) is 0.318. The number of hydrogen-bond donors (Lipinski definition) is 2. The van der Waals surface area contributed by atoms with Gasteiger partial charge < -0.3 is 34.7 Å². The Morgan fingerprint density at radius 1 is 0.923 bits per heavy atom. The van der Waals surface area contributed by atoms with E-state index in [4.69, 9.17) is 36.9 Å². The maximum absolute atomic E-state index is 12.1. The van der Waals surface area contributed by atoms with Crippen molar-refractivity contribution in [2.75, 3.05) is 7.11 Å². The number of methoxy groups -OCH3 is 1. The summed E-state index contributed by atoms with van der Waals surface area (Å²) in [7, 11) is 1.09. The van der Waals surface area contributed by atoms with E-state index in [1.165, 1.54) is 0 Å². The minimum absolute atomic E-state index is 0.233. The van der Waals surface area contributed by atoms with Crippen molar-refractivity contribution in [3.8, 4) is 0 Å². The molecule has 0 aromatic rings. The van der Waals surface area contributed by atoms with Gasteiger partial charge in [-0.2, -0.15) is 0 Å². The molecule has 26 heavy (non-hydrogen) atoms. The van der Waals surface area contributed by atoms with E-state index in [9.17, 15) is 19.2 Å². The Bertz CT molecular complexity index is 597. The van der Waals surface area contributed by atoms with Gasteiger partial charge in [0.2, 0.25) is 0 Å². The number of nitrogens with two attached hydrogens (primary N) is 1. The first kappa shape index (κ1) is 21.6. The zero-order chi connectivity index (χ0) is 20.0. The predicted molar refractivity (Wildman–Crippen MR) is 87.3 cm³/mol. The largest absolute Gasteiger partial charge is 0.467 e. The number of carbonyl (C=O) groups is 4. The van der Waals surface area contributed by atoms with E-state index in [0.717, 1.165) is 27.9 Å². The molecule has 0 amide bonds. The van der Waals surface area contributed by atoms with Gasteiger partial charge in [-0.3, -0.25) is 14.4 Å². The number of ether oxygens (including phenoxy) is 5. The molecule has 1 aliphatic rings. The van der Waals surface area contributed by atoms with Crippen LogP contribution in [-0.2, 0) is 42.9 Å². The fourth-order valence-corrected chi connectivity index (χ4v) is 2.49. The standard InChI is InChI=1S/C14H20N2O9S/c1-5(17)22-8-9(23-6(2)18)11(13(20)21-4)25-12(16-14(15)26)10(8)24-7(3)19/h8-12H,1-4H3,(H3,15,16,26). The number of hydrogen-bond acceptors (Lipinski definition) is 10. The van der Waals surface area contributed by atoms with Crippen molar-refractivity contribution in [3.05, 3.63) is 0 Å². The molecule has 0 aromatic carbocycles. The Labute approximate surface area is 154 Å². The van der Waals surface area contributed by atoms with E-state index in [-0.39, 0.29) is 5.11 Å². The molecule has 1 heterocycles. The molecule has 5 unspecified atom stereocenters.